The van der Waals surface area contributed by atoms with E-state index in [9.17, 15) is 9.59 Å². The van der Waals surface area contributed by atoms with E-state index in [-0.39, 0.29) is 22.8 Å². The third-order valence-corrected chi connectivity index (χ3v) is 5.85. The fourth-order valence-corrected chi connectivity index (χ4v) is 4.04. The molecule has 2 N–H and O–H groups in total. The summed E-state index contributed by atoms with van der Waals surface area (Å²) in [6, 6.07) is 18.8. The van der Waals surface area contributed by atoms with Gasteiger partial charge in [-0.3, -0.25) is 14.2 Å². The number of aromatic amines is 1. The number of carbonyl (C=O) groups excluding carboxylic acids is 1. The summed E-state index contributed by atoms with van der Waals surface area (Å²) in [6.07, 6.45) is 2.38. The maximum atomic E-state index is 12.9. The first-order valence-electron chi connectivity index (χ1n) is 10.9. The van der Waals surface area contributed by atoms with Crippen molar-refractivity contribution in [3.05, 3.63) is 93.4 Å². The second-order valence-electron chi connectivity index (χ2n) is 7.69. The van der Waals surface area contributed by atoms with E-state index in [0.717, 1.165) is 19.5 Å². The van der Waals surface area contributed by atoms with Crippen LogP contribution in [-0.2, 0) is 6.54 Å². The standard InChI is InChI=1S/C25H26N4O3S/c1-2-28(19-8-4-3-5-9-19)14-7-13-26-23(30)18-11-12-21-22(16-18)27-25(33)29(24(21)31)17-20-10-6-15-32-20/h3-6,8-12,15-16H,2,7,13-14,17H2,1H3,(H,26,30)(H,27,33). The van der Waals surface area contributed by atoms with Crippen molar-refractivity contribution < 1.29 is 9.21 Å². The lowest BCUT2D eigenvalue weighted by molar-refractivity contribution is 0.0953. The quantitative estimate of drug-likeness (QED) is 0.285. The molecule has 8 heteroatoms. The topological polar surface area (TPSA) is 83.3 Å². The molecule has 2 aromatic carbocycles. The van der Waals surface area contributed by atoms with Crippen molar-refractivity contribution in [1.82, 2.24) is 14.9 Å². The number of nitrogens with zero attached hydrogens (tertiary/aromatic N) is 2. The maximum Gasteiger partial charge on any atom is 0.262 e. The number of carbonyl (C=O) groups is 1. The first-order chi connectivity index (χ1) is 16.1. The summed E-state index contributed by atoms with van der Waals surface area (Å²) in [5.74, 6) is 0.458. The van der Waals surface area contributed by atoms with Gasteiger partial charge in [0.15, 0.2) is 4.77 Å². The van der Waals surface area contributed by atoms with Gasteiger partial charge in [-0.15, -0.1) is 0 Å². The highest BCUT2D eigenvalue weighted by Gasteiger charge is 2.12. The minimum absolute atomic E-state index is 0.182. The Balaban J connectivity index is 1.41. The monoisotopic (exact) mass is 462 g/mol. The Kier molecular flexibility index (Phi) is 7.04. The molecule has 0 spiro atoms. The predicted octanol–water partition coefficient (Wildman–Crippen LogP) is 4.35. The Morgan fingerprint density at radius 3 is 2.70 bits per heavy atom. The molecule has 0 aliphatic carbocycles. The second kappa shape index (κ2) is 10.3. The number of nitrogens with one attached hydrogen (secondary N) is 2. The van der Waals surface area contributed by atoms with Crippen LogP contribution in [0.2, 0.25) is 0 Å². The molecule has 2 heterocycles. The first-order valence-corrected chi connectivity index (χ1v) is 11.3. The number of furan rings is 1. The van der Waals surface area contributed by atoms with E-state index in [1.807, 2.05) is 18.2 Å². The predicted molar refractivity (Wildman–Crippen MR) is 132 cm³/mol. The van der Waals surface area contributed by atoms with Gasteiger partial charge in [-0.25, -0.2) is 0 Å². The Bertz CT molecular complexity index is 1340. The minimum Gasteiger partial charge on any atom is -0.467 e. The molecular weight excluding hydrogens is 436 g/mol. The summed E-state index contributed by atoms with van der Waals surface area (Å²) < 4.78 is 7.05. The van der Waals surface area contributed by atoms with Gasteiger partial charge in [0.2, 0.25) is 0 Å². The lowest BCUT2D eigenvalue weighted by atomic mass is 10.1. The van der Waals surface area contributed by atoms with Gasteiger partial charge in [-0.2, -0.15) is 0 Å². The van der Waals surface area contributed by atoms with Gasteiger partial charge < -0.3 is 19.6 Å². The third-order valence-electron chi connectivity index (χ3n) is 5.53. The summed E-state index contributed by atoms with van der Waals surface area (Å²) in [6.45, 7) is 4.67. The van der Waals surface area contributed by atoms with Crippen molar-refractivity contribution in [2.24, 2.45) is 0 Å². The van der Waals surface area contributed by atoms with E-state index in [2.05, 4.69) is 34.3 Å². The molecule has 0 atom stereocenters. The number of benzene rings is 2. The van der Waals surface area contributed by atoms with Crippen molar-refractivity contribution in [2.75, 3.05) is 24.5 Å². The van der Waals surface area contributed by atoms with Crippen molar-refractivity contribution in [1.29, 1.82) is 0 Å². The van der Waals surface area contributed by atoms with Crippen molar-refractivity contribution >= 4 is 34.7 Å². The largest absolute Gasteiger partial charge is 0.467 e. The summed E-state index contributed by atoms with van der Waals surface area (Å²) in [4.78, 5) is 30.9. The van der Waals surface area contributed by atoms with Crippen LogP contribution in [0.1, 0.15) is 29.5 Å². The van der Waals surface area contributed by atoms with Crippen LogP contribution in [0.5, 0.6) is 0 Å². The van der Waals surface area contributed by atoms with Gasteiger partial charge in [-0.1, -0.05) is 18.2 Å². The van der Waals surface area contributed by atoms with E-state index in [0.29, 0.717) is 28.8 Å². The molecule has 2 aromatic heterocycles. The Morgan fingerprint density at radius 2 is 1.97 bits per heavy atom. The van der Waals surface area contributed by atoms with Gasteiger partial charge in [0.05, 0.1) is 23.7 Å². The third kappa shape index (κ3) is 5.23. The van der Waals surface area contributed by atoms with Crippen LogP contribution in [-0.4, -0.2) is 35.1 Å². The van der Waals surface area contributed by atoms with Crippen LogP contribution < -0.4 is 15.8 Å². The van der Waals surface area contributed by atoms with Gasteiger partial charge in [0.25, 0.3) is 11.5 Å². The lowest BCUT2D eigenvalue weighted by Crippen LogP contribution is -2.30. The number of hydrogen-bond donors (Lipinski definition) is 2. The molecule has 0 unspecified atom stereocenters. The number of amides is 1. The first kappa shape index (κ1) is 22.5. The average Bonchev–Trinajstić information content (AvgIpc) is 3.35. The minimum atomic E-state index is -0.224. The van der Waals surface area contributed by atoms with E-state index >= 15 is 0 Å². The fourth-order valence-electron chi connectivity index (χ4n) is 3.78. The van der Waals surface area contributed by atoms with Crippen LogP contribution in [0.15, 0.2) is 76.1 Å². The number of para-hydroxylation sites is 1. The summed E-state index contributed by atoms with van der Waals surface area (Å²) in [5, 5.41) is 3.43. The molecule has 0 aliphatic heterocycles. The highest BCUT2D eigenvalue weighted by atomic mass is 32.1. The molecule has 0 bridgehead atoms. The molecule has 170 valence electrons. The normalized spacial score (nSPS) is 10.9. The smallest absolute Gasteiger partial charge is 0.262 e. The number of anilines is 1. The van der Waals surface area contributed by atoms with Crippen LogP contribution in [0, 0.1) is 4.77 Å². The van der Waals surface area contributed by atoms with Gasteiger partial charge in [0, 0.05) is 30.9 Å². The van der Waals surface area contributed by atoms with Crippen LogP contribution in [0.25, 0.3) is 10.9 Å². The zero-order valence-corrected chi connectivity index (χ0v) is 19.2. The molecule has 0 saturated heterocycles. The summed E-state index contributed by atoms with van der Waals surface area (Å²) in [7, 11) is 0. The van der Waals surface area contributed by atoms with Crippen molar-refractivity contribution in [3.8, 4) is 0 Å². The highest BCUT2D eigenvalue weighted by Crippen LogP contribution is 2.14. The molecule has 7 nitrogen and oxygen atoms in total. The average molecular weight is 463 g/mol. The molecule has 1 amide bonds. The van der Waals surface area contributed by atoms with Gasteiger partial charge in [-0.05, 0) is 68.0 Å². The lowest BCUT2D eigenvalue weighted by Gasteiger charge is -2.23. The molecule has 4 rings (SSSR count). The summed E-state index contributed by atoms with van der Waals surface area (Å²) >= 11 is 5.37. The Morgan fingerprint density at radius 1 is 1.15 bits per heavy atom. The van der Waals surface area contributed by atoms with Crippen molar-refractivity contribution in [3.63, 3.8) is 0 Å². The van der Waals surface area contributed by atoms with E-state index in [1.54, 1.807) is 36.6 Å². The molecule has 33 heavy (non-hydrogen) atoms. The molecule has 0 radical (unpaired) electrons. The van der Waals surface area contributed by atoms with E-state index in [1.165, 1.54) is 10.3 Å². The molecule has 0 fully saturated rings. The van der Waals surface area contributed by atoms with Gasteiger partial charge >= 0.3 is 0 Å². The zero-order chi connectivity index (χ0) is 23.2. The number of hydrogen-bond acceptors (Lipinski definition) is 5. The molecule has 0 saturated carbocycles. The molecule has 4 aromatic rings. The Hall–Kier alpha value is -3.65. The Labute approximate surface area is 196 Å². The van der Waals surface area contributed by atoms with Crippen LogP contribution >= 0.6 is 12.2 Å². The number of rotatable bonds is 9. The van der Waals surface area contributed by atoms with Crippen molar-refractivity contribution in [2.45, 2.75) is 19.9 Å². The summed E-state index contributed by atoms with van der Waals surface area (Å²) in [5.41, 5.74) is 1.97. The van der Waals surface area contributed by atoms with E-state index in [4.69, 9.17) is 16.6 Å². The van der Waals surface area contributed by atoms with Gasteiger partial charge in [0.1, 0.15) is 5.76 Å². The number of fused-ring (bicyclic) bond motifs is 1. The zero-order valence-electron chi connectivity index (χ0n) is 18.4. The SMILES string of the molecule is CCN(CCCNC(=O)c1ccc2c(=O)n(Cc3ccco3)c(=S)[nH]c2c1)c1ccccc1. The number of H-pyrrole nitrogens is 1. The number of aromatic nitrogens is 2. The fraction of sp³-hybridized carbons (Fsp3) is 0.240. The molecule has 0 aliphatic rings. The van der Waals surface area contributed by atoms with E-state index < -0.39 is 0 Å². The highest BCUT2D eigenvalue weighted by molar-refractivity contribution is 7.71. The maximum absolute atomic E-state index is 12.9. The molecular formula is C25H26N4O3S. The van der Waals surface area contributed by atoms with Crippen LogP contribution in [0.3, 0.4) is 0 Å². The van der Waals surface area contributed by atoms with Crippen LogP contribution in [0.4, 0.5) is 5.69 Å². The second-order valence-corrected chi connectivity index (χ2v) is 8.07.